The zero-order valence-corrected chi connectivity index (χ0v) is 13.5. The quantitative estimate of drug-likeness (QED) is 0.812. The molecule has 3 aliphatic heterocycles. The molecule has 3 rings (SSSR count). The van der Waals surface area contributed by atoms with Crippen LogP contribution in [0.4, 0.5) is 0 Å². The summed E-state index contributed by atoms with van der Waals surface area (Å²) in [4.78, 5) is 7.85. The molecule has 0 bridgehead atoms. The molecular weight excluding hydrogens is 248 g/mol. The van der Waals surface area contributed by atoms with E-state index in [0.29, 0.717) is 6.04 Å². The van der Waals surface area contributed by atoms with Gasteiger partial charge in [-0.1, -0.05) is 0 Å². The standard InChI is InChI=1S/C16H32N4/c1-13-9-16(11-17,12-19(13)3)20-8-6-15-14(10-20)5-4-7-18(15)2/h13-15H,4-12,17H2,1-3H3. The Bertz CT molecular complexity index is 335. The Kier molecular flexibility index (Phi) is 4.10. The monoisotopic (exact) mass is 280 g/mol. The van der Waals surface area contributed by atoms with Gasteiger partial charge in [0.15, 0.2) is 0 Å². The minimum absolute atomic E-state index is 0.245. The summed E-state index contributed by atoms with van der Waals surface area (Å²) in [6.07, 6.45) is 5.36. The Morgan fingerprint density at radius 2 is 1.95 bits per heavy atom. The van der Waals surface area contributed by atoms with Gasteiger partial charge in [-0.2, -0.15) is 0 Å². The zero-order chi connectivity index (χ0) is 14.3. The summed E-state index contributed by atoms with van der Waals surface area (Å²) < 4.78 is 0. The van der Waals surface area contributed by atoms with Crippen LogP contribution in [0.1, 0.15) is 32.6 Å². The highest BCUT2D eigenvalue weighted by atomic mass is 15.3. The summed E-state index contributed by atoms with van der Waals surface area (Å²) in [6, 6.07) is 1.50. The first-order chi connectivity index (χ1) is 9.55. The van der Waals surface area contributed by atoms with Crippen molar-refractivity contribution in [1.29, 1.82) is 0 Å². The third kappa shape index (κ3) is 2.41. The summed E-state index contributed by atoms with van der Waals surface area (Å²) in [7, 11) is 4.57. The van der Waals surface area contributed by atoms with Crippen LogP contribution in [0.25, 0.3) is 0 Å². The van der Waals surface area contributed by atoms with E-state index in [-0.39, 0.29) is 5.54 Å². The van der Waals surface area contributed by atoms with Gasteiger partial charge in [-0.3, -0.25) is 4.90 Å². The van der Waals surface area contributed by atoms with Gasteiger partial charge in [-0.15, -0.1) is 0 Å². The number of rotatable bonds is 2. The summed E-state index contributed by atoms with van der Waals surface area (Å²) in [6.45, 7) is 8.12. The summed E-state index contributed by atoms with van der Waals surface area (Å²) in [5, 5.41) is 0. The average Bonchev–Trinajstić information content (AvgIpc) is 2.75. The second-order valence-corrected chi connectivity index (χ2v) is 7.58. The van der Waals surface area contributed by atoms with Crippen LogP contribution in [-0.2, 0) is 0 Å². The van der Waals surface area contributed by atoms with Gasteiger partial charge in [0.25, 0.3) is 0 Å². The molecule has 4 unspecified atom stereocenters. The number of likely N-dealkylation sites (N-methyl/N-ethyl adjacent to an activating group) is 1. The van der Waals surface area contributed by atoms with Crippen LogP contribution in [-0.4, -0.2) is 79.1 Å². The second-order valence-electron chi connectivity index (χ2n) is 7.58. The first-order valence-electron chi connectivity index (χ1n) is 8.41. The lowest BCUT2D eigenvalue weighted by Crippen LogP contribution is -2.62. The smallest absolute Gasteiger partial charge is 0.0473 e. The second kappa shape index (κ2) is 5.56. The number of hydrogen-bond acceptors (Lipinski definition) is 4. The summed E-state index contributed by atoms with van der Waals surface area (Å²) in [5.74, 6) is 0.868. The number of hydrogen-bond donors (Lipinski definition) is 1. The van der Waals surface area contributed by atoms with Crippen LogP contribution in [0.3, 0.4) is 0 Å². The van der Waals surface area contributed by atoms with Gasteiger partial charge in [0.1, 0.15) is 0 Å². The Morgan fingerprint density at radius 3 is 2.60 bits per heavy atom. The van der Waals surface area contributed by atoms with E-state index in [1.807, 2.05) is 0 Å². The molecule has 3 heterocycles. The van der Waals surface area contributed by atoms with Crippen LogP contribution in [0.15, 0.2) is 0 Å². The third-order valence-corrected chi connectivity index (χ3v) is 6.37. The van der Waals surface area contributed by atoms with Gasteiger partial charge in [-0.25, -0.2) is 0 Å². The van der Waals surface area contributed by atoms with Crippen molar-refractivity contribution >= 4 is 0 Å². The zero-order valence-electron chi connectivity index (χ0n) is 13.5. The van der Waals surface area contributed by atoms with E-state index < -0.39 is 0 Å². The van der Waals surface area contributed by atoms with Gasteiger partial charge in [0.05, 0.1) is 0 Å². The lowest BCUT2D eigenvalue weighted by atomic mass is 9.81. The largest absolute Gasteiger partial charge is 0.329 e. The molecule has 4 heteroatoms. The molecule has 0 spiro atoms. The summed E-state index contributed by atoms with van der Waals surface area (Å²) >= 11 is 0. The number of nitrogens with two attached hydrogens (primary N) is 1. The first kappa shape index (κ1) is 14.8. The van der Waals surface area contributed by atoms with Crippen molar-refractivity contribution in [1.82, 2.24) is 14.7 Å². The van der Waals surface area contributed by atoms with Crippen LogP contribution in [0.5, 0.6) is 0 Å². The van der Waals surface area contributed by atoms with E-state index >= 15 is 0 Å². The SMILES string of the molecule is CC1CC(CN)(N2CCC3C(CCCN3C)C2)CN1C. The molecule has 4 atom stereocenters. The van der Waals surface area contributed by atoms with Crippen LogP contribution >= 0.6 is 0 Å². The predicted molar refractivity (Wildman–Crippen MR) is 83.8 cm³/mol. The molecule has 0 aromatic carbocycles. The first-order valence-corrected chi connectivity index (χ1v) is 8.41. The number of nitrogens with zero attached hydrogens (tertiary/aromatic N) is 3. The van der Waals surface area contributed by atoms with Crippen LogP contribution < -0.4 is 5.73 Å². The molecule has 0 radical (unpaired) electrons. The van der Waals surface area contributed by atoms with E-state index in [0.717, 1.165) is 25.0 Å². The minimum atomic E-state index is 0.245. The highest BCUT2D eigenvalue weighted by Crippen LogP contribution is 2.37. The lowest BCUT2D eigenvalue weighted by Gasteiger charge is -2.51. The van der Waals surface area contributed by atoms with Crippen LogP contribution in [0.2, 0.25) is 0 Å². The average molecular weight is 280 g/mol. The highest BCUT2D eigenvalue weighted by Gasteiger charge is 2.47. The molecule has 3 aliphatic rings. The van der Waals surface area contributed by atoms with Gasteiger partial charge in [0, 0.05) is 43.8 Å². The molecule has 2 N–H and O–H groups in total. The number of piperidine rings is 2. The van der Waals surface area contributed by atoms with E-state index in [2.05, 4.69) is 35.7 Å². The maximum Gasteiger partial charge on any atom is 0.0473 e. The van der Waals surface area contributed by atoms with Gasteiger partial charge in [-0.05, 0) is 59.2 Å². The molecule has 20 heavy (non-hydrogen) atoms. The predicted octanol–water partition coefficient (Wildman–Crippen LogP) is 0.824. The Morgan fingerprint density at radius 1 is 1.15 bits per heavy atom. The molecule has 3 fully saturated rings. The Hall–Kier alpha value is -0.160. The maximum atomic E-state index is 6.24. The van der Waals surface area contributed by atoms with Crippen molar-refractivity contribution in [2.75, 3.05) is 46.8 Å². The van der Waals surface area contributed by atoms with Crippen molar-refractivity contribution in [2.45, 2.75) is 50.2 Å². The maximum absolute atomic E-state index is 6.24. The fourth-order valence-corrected chi connectivity index (χ4v) is 4.98. The van der Waals surface area contributed by atoms with Crippen molar-refractivity contribution in [2.24, 2.45) is 11.7 Å². The van der Waals surface area contributed by atoms with Crippen molar-refractivity contribution in [3.05, 3.63) is 0 Å². The van der Waals surface area contributed by atoms with Gasteiger partial charge in [0.2, 0.25) is 0 Å². The molecule has 3 saturated heterocycles. The van der Waals surface area contributed by atoms with E-state index in [9.17, 15) is 0 Å². The minimum Gasteiger partial charge on any atom is -0.329 e. The Labute approximate surface area is 124 Å². The molecule has 0 amide bonds. The van der Waals surface area contributed by atoms with E-state index in [1.165, 1.54) is 45.3 Å². The highest BCUT2D eigenvalue weighted by molar-refractivity contribution is 5.05. The van der Waals surface area contributed by atoms with Crippen molar-refractivity contribution in [3.8, 4) is 0 Å². The van der Waals surface area contributed by atoms with Gasteiger partial charge >= 0.3 is 0 Å². The van der Waals surface area contributed by atoms with E-state index in [4.69, 9.17) is 5.73 Å². The third-order valence-electron chi connectivity index (χ3n) is 6.37. The van der Waals surface area contributed by atoms with Crippen molar-refractivity contribution < 1.29 is 0 Å². The van der Waals surface area contributed by atoms with Crippen molar-refractivity contribution in [3.63, 3.8) is 0 Å². The van der Waals surface area contributed by atoms with Crippen LogP contribution in [0, 0.1) is 5.92 Å². The molecule has 0 aromatic rings. The fraction of sp³-hybridized carbons (Fsp3) is 1.00. The molecular formula is C16H32N4. The molecule has 116 valence electrons. The topological polar surface area (TPSA) is 35.7 Å². The fourth-order valence-electron chi connectivity index (χ4n) is 4.98. The van der Waals surface area contributed by atoms with Gasteiger partial charge < -0.3 is 15.5 Å². The molecule has 4 nitrogen and oxygen atoms in total. The number of likely N-dealkylation sites (tertiary alicyclic amines) is 3. The number of fused-ring (bicyclic) bond motifs is 1. The summed E-state index contributed by atoms with van der Waals surface area (Å²) in [5.41, 5.74) is 6.49. The Balaban J connectivity index is 1.72. The molecule has 0 saturated carbocycles. The molecule has 0 aromatic heterocycles. The lowest BCUT2D eigenvalue weighted by molar-refractivity contribution is -0.0104. The molecule has 0 aliphatic carbocycles. The van der Waals surface area contributed by atoms with E-state index in [1.54, 1.807) is 0 Å². The normalized spacial score (nSPS) is 44.7.